The number of ether oxygens (including phenoxy) is 1. The van der Waals surface area contributed by atoms with E-state index in [1.807, 2.05) is 10.7 Å². The molecule has 1 aliphatic rings. The first-order valence-corrected chi connectivity index (χ1v) is 5.92. The zero-order valence-electron chi connectivity index (χ0n) is 9.84. The third-order valence-corrected chi connectivity index (χ3v) is 3.15. The van der Waals surface area contributed by atoms with E-state index in [4.69, 9.17) is 10.5 Å². The Morgan fingerprint density at radius 3 is 3.17 bits per heavy atom. The van der Waals surface area contributed by atoms with Crippen LogP contribution in [-0.4, -0.2) is 15.9 Å². The summed E-state index contributed by atoms with van der Waals surface area (Å²) in [5, 5.41) is 4.21. The van der Waals surface area contributed by atoms with Crippen LogP contribution >= 0.6 is 0 Å². The van der Waals surface area contributed by atoms with Crippen LogP contribution in [0.25, 0.3) is 0 Å². The topological polar surface area (TPSA) is 53.1 Å². The van der Waals surface area contributed by atoms with Gasteiger partial charge in [-0.2, -0.15) is 5.10 Å². The van der Waals surface area contributed by atoms with Crippen molar-refractivity contribution in [2.24, 2.45) is 5.73 Å². The molecule has 0 spiro atoms. The lowest BCUT2D eigenvalue weighted by molar-refractivity contribution is 0.201. The Hall–Kier alpha value is -1.88. The summed E-state index contributed by atoms with van der Waals surface area (Å²) in [5.41, 5.74) is 7.51. The van der Waals surface area contributed by atoms with Crippen molar-refractivity contribution >= 4 is 0 Å². The van der Waals surface area contributed by atoms with Crippen LogP contribution in [0.5, 0.6) is 5.75 Å². The fraction of sp³-hybridized carbons (Fsp3) is 0.308. The largest absolute Gasteiger partial charge is 0.488 e. The fourth-order valence-corrected chi connectivity index (χ4v) is 2.28. The van der Waals surface area contributed by atoms with Gasteiger partial charge in [0.05, 0.1) is 12.2 Å². The number of fused-ring (bicyclic) bond motifs is 1. The molecule has 0 saturated carbocycles. The van der Waals surface area contributed by atoms with E-state index in [0.717, 1.165) is 17.0 Å². The van der Waals surface area contributed by atoms with E-state index >= 15 is 0 Å². The van der Waals surface area contributed by atoms with Crippen LogP contribution in [0.1, 0.15) is 11.3 Å². The predicted octanol–water partition coefficient (Wildman–Crippen LogP) is 1.48. The first kappa shape index (κ1) is 11.2. The summed E-state index contributed by atoms with van der Waals surface area (Å²) in [4.78, 5) is 0. The zero-order chi connectivity index (χ0) is 12.5. The molecule has 2 aromatic rings. The number of hydrogen-bond donors (Lipinski definition) is 1. The van der Waals surface area contributed by atoms with Crippen molar-refractivity contribution in [3.05, 3.63) is 47.5 Å². The van der Waals surface area contributed by atoms with E-state index in [1.54, 1.807) is 12.3 Å². The molecular formula is C13H14FN3O. The number of rotatable bonds is 3. The second kappa shape index (κ2) is 4.42. The molecule has 2 N–H and O–H groups in total. The Morgan fingerprint density at radius 2 is 2.33 bits per heavy atom. The lowest BCUT2D eigenvalue weighted by atomic mass is 10.1. The van der Waals surface area contributed by atoms with Crippen molar-refractivity contribution in [1.29, 1.82) is 0 Å². The Labute approximate surface area is 104 Å². The van der Waals surface area contributed by atoms with Crippen molar-refractivity contribution in [1.82, 2.24) is 9.78 Å². The van der Waals surface area contributed by atoms with Crippen molar-refractivity contribution in [3.8, 4) is 5.75 Å². The number of halogens is 1. The van der Waals surface area contributed by atoms with E-state index in [2.05, 4.69) is 5.10 Å². The summed E-state index contributed by atoms with van der Waals surface area (Å²) in [6.07, 6.45) is 2.42. The normalized spacial score (nSPS) is 17.6. The number of benzene rings is 1. The molecule has 5 heteroatoms. The summed E-state index contributed by atoms with van der Waals surface area (Å²) in [6, 6.07) is 6.52. The lowest BCUT2D eigenvalue weighted by Gasteiger charge is -2.12. The number of nitrogens with two attached hydrogens (primary N) is 1. The maximum atomic E-state index is 13.1. The van der Waals surface area contributed by atoms with E-state index < -0.39 is 0 Å². The first-order valence-electron chi connectivity index (χ1n) is 5.92. The van der Waals surface area contributed by atoms with Gasteiger partial charge in [-0.3, -0.25) is 4.68 Å². The van der Waals surface area contributed by atoms with Gasteiger partial charge in [0, 0.05) is 24.7 Å². The maximum Gasteiger partial charge on any atom is 0.123 e. The van der Waals surface area contributed by atoms with Gasteiger partial charge in [-0.25, -0.2) is 4.39 Å². The highest BCUT2D eigenvalue weighted by Crippen LogP contribution is 2.29. The predicted molar refractivity (Wildman–Crippen MR) is 64.6 cm³/mol. The molecule has 1 unspecified atom stereocenters. The molecule has 0 bridgehead atoms. The van der Waals surface area contributed by atoms with Gasteiger partial charge in [0.25, 0.3) is 0 Å². The molecule has 1 atom stereocenters. The second-order valence-electron chi connectivity index (χ2n) is 4.40. The number of hydrogen-bond acceptors (Lipinski definition) is 3. The average molecular weight is 247 g/mol. The SMILES string of the molecule is NCc1ccnn1CC1Cc2cc(F)ccc2O1. The lowest BCUT2D eigenvalue weighted by Crippen LogP contribution is -2.23. The molecule has 0 fully saturated rings. The van der Waals surface area contributed by atoms with Gasteiger partial charge in [-0.1, -0.05) is 0 Å². The van der Waals surface area contributed by atoms with Gasteiger partial charge in [0.1, 0.15) is 17.7 Å². The summed E-state index contributed by atoms with van der Waals surface area (Å²) in [7, 11) is 0. The molecule has 18 heavy (non-hydrogen) atoms. The minimum absolute atomic E-state index is 0.00741. The summed E-state index contributed by atoms with van der Waals surface area (Å²) in [6.45, 7) is 1.09. The van der Waals surface area contributed by atoms with Crippen LogP contribution in [0.4, 0.5) is 4.39 Å². The van der Waals surface area contributed by atoms with Gasteiger partial charge >= 0.3 is 0 Å². The van der Waals surface area contributed by atoms with E-state index in [-0.39, 0.29) is 11.9 Å². The van der Waals surface area contributed by atoms with Crippen molar-refractivity contribution in [3.63, 3.8) is 0 Å². The Morgan fingerprint density at radius 1 is 1.44 bits per heavy atom. The third-order valence-electron chi connectivity index (χ3n) is 3.15. The average Bonchev–Trinajstić information content (AvgIpc) is 2.94. The van der Waals surface area contributed by atoms with Crippen LogP contribution in [-0.2, 0) is 19.5 Å². The highest BCUT2D eigenvalue weighted by atomic mass is 19.1. The fourth-order valence-electron chi connectivity index (χ4n) is 2.28. The van der Waals surface area contributed by atoms with Gasteiger partial charge in [-0.05, 0) is 24.3 Å². The van der Waals surface area contributed by atoms with E-state index in [9.17, 15) is 4.39 Å². The van der Waals surface area contributed by atoms with E-state index in [1.165, 1.54) is 12.1 Å². The quantitative estimate of drug-likeness (QED) is 0.894. The maximum absolute atomic E-state index is 13.1. The smallest absolute Gasteiger partial charge is 0.123 e. The molecule has 1 aromatic carbocycles. The number of nitrogens with zero attached hydrogens (tertiary/aromatic N) is 2. The van der Waals surface area contributed by atoms with E-state index in [0.29, 0.717) is 19.5 Å². The first-order chi connectivity index (χ1) is 8.76. The Kier molecular flexibility index (Phi) is 2.76. The molecule has 0 amide bonds. The summed E-state index contributed by atoms with van der Waals surface area (Å²) < 4.78 is 20.7. The van der Waals surface area contributed by atoms with Crippen LogP contribution in [0.3, 0.4) is 0 Å². The molecule has 2 heterocycles. The van der Waals surface area contributed by atoms with Crippen LogP contribution < -0.4 is 10.5 Å². The highest BCUT2D eigenvalue weighted by molar-refractivity contribution is 5.37. The molecule has 94 valence electrons. The van der Waals surface area contributed by atoms with Gasteiger partial charge in [-0.15, -0.1) is 0 Å². The molecule has 3 rings (SSSR count). The molecule has 1 aromatic heterocycles. The molecule has 1 aliphatic heterocycles. The molecule has 0 aliphatic carbocycles. The second-order valence-corrected chi connectivity index (χ2v) is 4.40. The molecule has 0 saturated heterocycles. The highest BCUT2D eigenvalue weighted by Gasteiger charge is 2.24. The van der Waals surface area contributed by atoms with Gasteiger partial charge in [0.15, 0.2) is 0 Å². The number of aromatic nitrogens is 2. The van der Waals surface area contributed by atoms with Gasteiger partial charge in [0.2, 0.25) is 0 Å². The zero-order valence-corrected chi connectivity index (χ0v) is 9.84. The monoisotopic (exact) mass is 247 g/mol. The molecule has 0 radical (unpaired) electrons. The van der Waals surface area contributed by atoms with Crippen LogP contribution in [0.2, 0.25) is 0 Å². The Bertz CT molecular complexity index is 567. The summed E-state index contributed by atoms with van der Waals surface area (Å²) >= 11 is 0. The van der Waals surface area contributed by atoms with Crippen LogP contribution in [0, 0.1) is 5.82 Å². The standard InChI is InChI=1S/C13H14FN3O/c14-10-1-2-13-9(5-10)6-12(18-13)8-17-11(7-15)3-4-16-17/h1-5,12H,6-8,15H2. The third kappa shape index (κ3) is 1.97. The van der Waals surface area contributed by atoms with Crippen molar-refractivity contribution in [2.45, 2.75) is 25.6 Å². The molecular weight excluding hydrogens is 233 g/mol. The Balaban J connectivity index is 1.75. The summed E-state index contributed by atoms with van der Waals surface area (Å²) in [5.74, 6) is 0.544. The van der Waals surface area contributed by atoms with Gasteiger partial charge < -0.3 is 10.5 Å². The van der Waals surface area contributed by atoms with Crippen molar-refractivity contribution < 1.29 is 9.13 Å². The van der Waals surface area contributed by atoms with Crippen molar-refractivity contribution in [2.75, 3.05) is 0 Å². The minimum Gasteiger partial charge on any atom is -0.488 e. The van der Waals surface area contributed by atoms with Crippen LogP contribution in [0.15, 0.2) is 30.5 Å². The molecule has 4 nitrogen and oxygen atoms in total. The minimum atomic E-state index is -0.222.